The summed E-state index contributed by atoms with van der Waals surface area (Å²) in [6.45, 7) is 2.56. The minimum Gasteiger partial charge on any atom is -0.368 e. The van der Waals surface area contributed by atoms with Crippen molar-refractivity contribution >= 4 is 16.7 Å². The van der Waals surface area contributed by atoms with E-state index < -0.39 is 10.8 Å². The molecule has 6 heteroatoms. The molecule has 1 aliphatic heterocycles. The van der Waals surface area contributed by atoms with E-state index in [1.54, 1.807) is 7.05 Å². The van der Waals surface area contributed by atoms with Gasteiger partial charge in [0, 0.05) is 41.9 Å². The predicted molar refractivity (Wildman–Crippen MR) is 61.0 cm³/mol. The smallest absolute Gasteiger partial charge is 0.234 e. The highest BCUT2D eigenvalue weighted by atomic mass is 32.2. The van der Waals surface area contributed by atoms with Gasteiger partial charge in [0.1, 0.15) is 0 Å². The lowest BCUT2D eigenvalue weighted by molar-refractivity contribution is -0.120. The quantitative estimate of drug-likeness (QED) is 0.607. The Morgan fingerprint density at radius 1 is 1.53 bits per heavy atom. The highest BCUT2D eigenvalue weighted by molar-refractivity contribution is 7.85. The Morgan fingerprint density at radius 3 is 2.60 bits per heavy atom. The largest absolute Gasteiger partial charge is 0.368 e. The molecule has 3 N–H and O–H groups in total. The van der Waals surface area contributed by atoms with Crippen LogP contribution in [0.3, 0.4) is 0 Å². The first-order valence-electron chi connectivity index (χ1n) is 5.17. The molecule has 1 saturated heterocycles. The number of rotatable bonds is 5. The Kier molecular flexibility index (Phi) is 5.21. The van der Waals surface area contributed by atoms with Crippen molar-refractivity contribution in [3.63, 3.8) is 0 Å². The molecule has 0 saturated carbocycles. The predicted octanol–water partition coefficient (Wildman–Crippen LogP) is -1.49. The lowest BCUT2D eigenvalue weighted by atomic mass is 10.2. The molecule has 1 aliphatic rings. The molecule has 0 bridgehead atoms. The lowest BCUT2D eigenvalue weighted by Gasteiger charge is -2.27. The maximum atomic E-state index is 11.1. The molecule has 0 aromatic rings. The van der Waals surface area contributed by atoms with Gasteiger partial charge in [-0.25, -0.2) is 0 Å². The number of carbonyl (C=O) groups is 1. The molecule has 1 amide bonds. The first-order chi connectivity index (χ1) is 7.13. The van der Waals surface area contributed by atoms with E-state index in [0.29, 0.717) is 0 Å². The number of nitrogens with zero attached hydrogens (tertiary/aromatic N) is 1. The van der Waals surface area contributed by atoms with Gasteiger partial charge in [0.15, 0.2) is 0 Å². The first-order valence-corrected chi connectivity index (χ1v) is 6.66. The topological polar surface area (TPSA) is 75.4 Å². The molecule has 0 aliphatic carbocycles. The molecule has 1 fully saturated rings. The van der Waals surface area contributed by atoms with Gasteiger partial charge in [-0.3, -0.25) is 9.00 Å². The van der Waals surface area contributed by atoms with Crippen molar-refractivity contribution in [1.29, 1.82) is 0 Å². The third kappa shape index (κ3) is 4.27. The SMILES string of the molecule is CNC(CCN1CCS(=O)CC1)C(N)=O. The molecule has 0 aromatic heterocycles. The molecule has 1 rings (SSSR count). The third-order valence-corrected chi connectivity index (χ3v) is 3.97. The van der Waals surface area contributed by atoms with Crippen LogP contribution in [-0.4, -0.2) is 59.2 Å². The molecule has 0 radical (unpaired) electrons. The summed E-state index contributed by atoms with van der Waals surface area (Å²) in [7, 11) is 1.10. The van der Waals surface area contributed by atoms with Crippen molar-refractivity contribution in [1.82, 2.24) is 10.2 Å². The normalized spacial score (nSPS) is 21.4. The minimum absolute atomic E-state index is 0.252. The summed E-state index contributed by atoms with van der Waals surface area (Å²) in [4.78, 5) is 13.2. The Bertz CT molecular complexity index is 238. The van der Waals surface area contributed by atoms with E-state index in [0.717, 1.165) is 37.6 Å². The van der Waals surface area contributed by atoms with Crippen LogP contribution in [0.2, 0.25) is 0 Å². The Hall–Kier alpha value is -0.460. The summed E-state index contributed by atoms with van der Waals surface area (Å²) >= 11 is 0. The fourth-order valence-corrected chi connectivity index (χ4v) is 2.77. The zero-order valence-corrected chi connectivity index (χ0v) is 9.89. The van der Waals surface area contributed by atoms with E-state index in [4.69, 9.17) is 5.73 Å². The number of likely N-dealkylation sites (N-methyl/N-ethyl adjacent to an activating group) is 1. The van der Waals surface area contributed by atoms with Gasteiger partial charge in [-0.1, -0.05) is 0 Å². The van der Waals surface area contributed by atoms with Crippen LogP contribution < -0.4 is 11.1 Å². The Balaban J connectivity index is 2.24. The van der Waals surface area contributed by atoms with Gasteiger partial charge < -0.3 is 16.0 Å². The van der Waals surface area contributed by atoms with E-state index in [1.165, 1.54) is 0 Å². The second-order valence-electron chi connectivity index (χ2n) is 3.72. The molecule has 0 aromatic carbocycles. The maximum absolute atomic E-state index is 11.1. The van der Waals surface area contributed by atoms with Crippen LogP contribution in [0.4, 0.5) is 0 Å². The van der Waals surface area contributed by atoms with Gasteiger partial charge in [-0.2, -0.15) is 0 Å². The van der Waals surface area contributed by atoms with E-state index in [2.05, 4.69) is 10.2 Å². The van der Waals surface area contributed by atoms with Gasteiger partial charge in [-0.05, 0) is 13.5 Å². The second kappa shape index (κ2) is 6.19. The van der Waals surface area contributed by atoms with Crippen LogP contribution >= 0.6 is 0 Å². The number of amides is 1. The molecule has 1 atom stereocenters. The average Bonchev–Trinajstić information content (AvgIpc) is 2.21. The minimum atomic E-state index is -0.635. The van der Waals surface area contributed by atoms with Crippen molar-refractivity contribution in [2.45, 2.75) is 12.5 Å². The van der Waals surface area contributed by atoms with E-state index in [9.17, 15) is 9.00 Å². The van der Waals surface area contributed by atoms with Crippen LogP contribution in [0.5, 0.6) is 0 Å². The standard InChI is InChI=1S/C9H19N3O2S/c1-11-8(9(10)13)2-3-12-4-6-15(14)7-5-12/h8,11H,2-7H2,1H3,(H2,10,13). The molecule has 88 valence electrons. The number of nitrogens with two attached hydrogens (primary N) is 1. The molecule has 1 unspecified atom stereocenters. The van der Waals surface area contributed by atoms with Crippen LogP contribution in [-0.2, 0) is 15.6 Å². The molecule has 0 spiro atoms. The van der Waals surface area contributed by atoms with Gasteiger partial charge in [0.05, 0.1) is 6.04 Å². The zero-order chi connectivity index (χ0) is 11.3. The molecular weight excluding hydrogens is 214 g/mol. The number of hydrogen-bond acceptors (Lipinski definition) is 4. The third-order valence-electron chi connectivity index (χ3n) is 2.70. The summed E-state index contributed by atoms with van der Waals surface area (Å²) in [5.74, 6) is 1.19. The van der Waals surface area contributed by atoms with Crippen LogP contribution in [0.25, 0.3) is 0 Å². The number of primary amides is 1. The van der Waals surface area contributed by atoms with E-state index in [-0.39, 0.29) is 11.9 Å². The summed E-state index contributed by atoms with van der Waals surface area (Å²) in [6.07, 6.45) is 0.721. The zero-order valence-electron chi connectivity index (χ0n) is 9.07. The number of hydrogen-bond donors (Lipinski definition) is 2. The van der Waals surface area contributed by atoms with Crippen molar-refractivity contribution in [3.8, 4) is 0 Å². The number of carbonyl (C=O) groups excluding carboxylic acids is 1. The van der Waals surface area contributed by atoms with Gasteiger partial charge >= 0.3 is 0 Å². The van der Waals surface area contributed by atoms with Crippen LogP contribution in [0.1, 0.15) is 6.42 Å². The molecule has 5 nitrogen and oxygen atoms in total. The summed E-state index contributed by atoms with van der Waals surface area (Å²) < 4.78 is 11.1. The summed E-state index contributed by atoms with van der Waals surface area (Å²) in [5.41, 5.74) is 5.22. The monoisotopic (exact) mass is 233 g/mol. The average molecular weight is 233 g/mol. The Morgan fingerprint density at radius 2 is 2.13 bits per heavy atom. The lowest BCUT2D eigenvalue weighted by Crippen LogP contribution is -2.44. The van der Waals surface area contributed by atoms with Crippen molar-refractivity contribution in [2.75, 3.05) is 38.2 Å². The second-order valence-corrected chi connectivity index (χ2v) is 5.42. The molecule has 15 heavy (non-hydrogen) atoms. The van der Waals surface area contributed by atoms with Crippen molar-refractivity contribution < 1.29 is 9.00 Å². The van der Waals surface area contributed by atoms with E-state index >= 15 is 0 Å². The number of nitrogens with one attached hydrogen (secondary N) is 1. The van der Waals surface area contributed by atoms with Crippen molar-refractivity contribution in [3.05, 3.63) is 0 Å². The first kappa shape index (κ1) is 12.6. The summed E-state index contributed by atoms with van der Waals surface area (Å²) in [6, 6.07) is -0.252. The van der Waals surface area contributed by atoms with Crippen LogP contribution in [0.15, 0.2) is 0 Å². The van der Waals surface area contributed by atoms with E-state index in [1.807, 2.05) is 0 Å². The maximum Gasteiger partial charge on any atom is 0.234 e. The van der Waals surface area contributed by atoms with Gasteiger partial charge in [-0.15, -0.1) is 0 Å². The fraction of sp³-hybridized carbons (Fsp3) is 0.889. The highest BCUT2D eigenvalue weighted by Gasteiger charge is 2.18. The van der Waals surface area contributed by atoms with Crippen molar-refractivity contribution in [2.24, 2.45) is 5.73 Å². The van der Waals surface area contributed by atoms with Gasteiger partial charge in [0.25, 0.3) is 0 Å². The summed E-state index contributed by atoms with van der Waals surface area (Å²) in [5, 5.41) is 2.89. The Labute approximate surface area is 92.8 Å². The van der Waals surface area contributed by atoms with Crippen LogP contribution in [0, 0.1) is 0 Å². The molecule has 1 heterocycles. The molecular formula is C9H19N3O2S. The van der Waals surface area contributed by atoms with Gasteiger partial charge in [0.2, 0.25) is 5.91 Å². The highest BCUT2D eigenvalue weighted by Crippen LogP contribution is 2.02. The fourth-order valence-electron chi connectivity index (χ4n) is 1.64.